The fraction of sp³-hybridized carbons (Fsp3) is 0.143. The molecule has 0 saturated carbocycles. The van der Waals surface area contributed by atoms with E-state index in [2.05, 4.69) is 10.3 Å². The molecule has 3 aromatic rings. The molecule has 0 bridgehead atoms. The number of hydrogen-bond acceptors (Lipinski definition) is 6. The average Bonchev–Trinajstić information content (AvgIpc) is 2.70. The number of nitrogens with one attached hydrogen (secondary N) is 1. The summed E-state index contributed by atoms with van der Waals surface area (Å²) in [5.74, 6) is 0.0854. The van der Waals surface area contributed by atoms with E-state index in [9.17, 15) is 20.0 Å². The van der Waals surface area contributed by atoms with Gasteiger partial charge in [-0.25, -0.2) is 4.98 Å². The van der Waals surface area contributed by atoms with E-state index in [1.165, 1.54) is 24.4 Å². The molecule has 0 fully saturated rings. The lowest BCUT2D eigenvalue weighted by Crippen LogP contribution is -2.23. The highest BCUT2D eigenvalue weighted by Crippen LogP contribution is 2.26. The highest BCUT2D eigenvalue weighted by atomic mass is 16.6. The Hall–Kier alpha value is -3.94. The molecule has 0 spiro atoms. The van der Waals surface area contributed by atoms with Crippen LogP contribution in [0.2, 0.25) is 0 Å². The van der Waals surface area contributed by atoms with Gasteiger partial charge in [0.25, 0.3) is 11.6 Å². The Balaban J connectivity index is 1.77. The Morgan fingerprint density at radius 1 is 1.17 bits per heavy atom. The third kappa shape index (κ3) is 4.67. The third-order valence-electron chi connectivity index (χ3n) is 4.26. The second-order valence-corrected chi connectivity index (χ2v) is 6.47. The van der Waals surface area contributed by atoms with Crippen LogP contribution >= 0.6 is 0 Å². The minimum atomic E-state index is -0.527. The van der Waals surface area contributed by atoms with Gasteiger partial charge < -0.3 is 15.2 Å². The zero-order valence-electron chi connectivity index (χ0n) is 15.9. The van der Waals surface area contributed by atoms with Crippen molar-refractivity contribution in [3.8, 4) is 17.4 Å². The van der Waals surface area contributed by atoms with Gasteiger partial charge in [-0.3, -0.25) is 14.9 Å². The van der Waals surface area contributed by atoms with Crippen LogP contribution in [0, 0.1) is 24.0 Å². The maximum Gasteiger partial charge on any atom is 0.273 e. The Morgan fingerprint density at radius 3 is 2.59 bits per heavy atom. The van der Waals surface area contributed by atoms with Crippen molar-refractivity contribution in [3.05, 3.63) is 87.1 Å². The zero-order valence-corrected chi connectivity index (χ0v) is 15.9. The molecular formula is C21H19N3O5. The van der Waals surface area contributed by atoms with Gasteiger partial charge in [0, 0.05) is 18.8 Å². The van der Waals surface area contributed by atoms with E-state index < -0.39 is 10.8 Å². The molecule has 8 nitrogen and oxygen atoms in total. The van der Waals surface area contributed by atoms with Gasteiger partial charge in [-0.15, -0.1) is 0 Å². The number of aromatic nitrogens is 1. The van der Waals surface area contributed by atoms with E-state index in [-0.39, 0.29) is 35.2 Å². The number of aromatic hydroxyl groups is 1. The number of pyridine rings is 1. The summed E-state index contributed by atoms with van der Waals surface area (Å²) < 4.78 is 5.62. The molecule has 148 valence electrons. The fourth-order valence-corrected chi connectivity index (χ4v) is 2.84. The number of hydrogen-bond donors (Lipinski definition) is 2. The zero-order chi connectivity index (χ0) is 21.0. The van der Waals surface area contributed by atoms with Crippen LogP contribution in [-0.4, -0.2) is 20.9 Å². The largest absolute Gasteiger partial charge is 0.507 e. The number of nitrogens with zero attached hydrogens (tertiary/aromatic N) is 2. The SMILES string of the molecule is Cc1cc(CNC(=O)c2cccnc2Oc2cccc([N+](=O)[O-])c2)cc(C)c1O. The molecule has 0 saturated heterocycles. The summed E-state index contributed by atoms with van der Waals surface area (Å²) in [4.78, 5) is 27.1. The van der Waals surface area contributed by atoms with Crippen molar-refractivity contribution in [2.45, 2.75) is 20.4 Å². The molecule has 29 heavy (non-hydrogen) atoms. The number of rotatable bonds is 6. The summed E-state index contributed by atoms with van der Waals surface area (Å²) in [5, 5.41) is 23.6. The maximum absolute atomic E-state index is 12.7. The Labute approximate surface area is 166 Å². The van der Waals surface area contributed by atoms with Gasteiger partial charge in [0.15, 0.2) is 0 Å². The minimum Gasteiger partial charge on any atom is -0.507 e. The molecule has 0 unspecified atom stereocenters. The number of phenolic OH excluding ortho intramolecular Hbond substituents is 1. The van der Waals surface area contributed by atoms with Crippen LogP contribution in [0.3, 0.4) is 0 Å². The van der Waals surface area contributed by atoms with E-state index >= 15 is 0 Å². The molecule has 2 aromatic carbocycles. The molecule has 3 rings (SSSR count). The first kappa shape index (κ1) is 19.8. The summed E-state index contributed by atoms with van der Waals surface area (Å²) in [7, 11) is 0. The van der Waals surface area contributed by atoms with Crippen molar-refractivity contribution in [2.75, 3.05) is 0 Å². The smallest absolute Gasteiger partial charge is 0.273 e. The van der Waals surface area contributed by atoms with E-state index in [1.54, 1.807) is 44.2 Å². The first-order valence-electron chi connectivity index (χ1n) is 8.80. The number of non-ortho nitro benzene ring substituents is 1. The number of nitro groups is 1. The van der Waals surface area contributed by atoms with Gasteiger partial charge in [-0.1, -0.05) is 18.2 Å². The number of phenols is 1. The topological polar surface area (TPSA) is 115 Å². The van der Waals surface area contributed by atoms with Crippen molar-refractivity contribution in [3.63, 3.8) is 0 Å². The number of amides is 1. The fourth-order valence-electron chi connectivity index (χ4n) is 2.84. The number of carbonyl (C=O) groups excluding carboxylic acids is 1. The maximum atomic E-state index is 12.7. The monoisotopic (exact) mass is 393 g/mol. The Morgan fingerprint density at radius 2 is 1.90 bits per heavy atom. The molecule has 1 aromatic heterocycles. The molecule has 2 N–H and O–H groups in total. The van der Waals surface area contributed by atoms with Gasteiger partial charge in [-0.05, 0) is 48.7 Å². The van der Waals surface area contributed by atoms with Crippen LogP contribution in [0.25, 0.3) is 0 Å². The van der Waals surface area contributed by atoms with Crippen LogP contribution in [0.5, 0.6) is 17.4 Å². The first-order valence-corrected chi connectivity index (χ1v) is 8.80. The number of ether oxygens (including phenoxy) is 1. The van der Waals surface area contributed by atoms with E-state index in [4.69, 9.17) is 4.74 Å². The van der Waals surface area contributed by atoms with Crippen molar-refractivity contribution in [2.24, 2.45) is 0 Å². The molecular weight excluding hydrogens is 374 g/mol. The molecule has 0 aliphatic heterocycles. The lowest BCUT2D eigenvalue weighted by Gasteiger charge is -2.12. The quantitative estimate of drug-likeness (QED) is 0.483. The molecule has 0 radical (unpaired) electrons. The molecule has 8 heteroatoms. The Bertz CT molecular complexity index is 1060. The lowest BCUT2D eigenvalue weighted by molar-refractivity contribution is -0.384. The van der Waals surface area contributed by atoms with Crippen molar-refractivity contribution >= 4 is 11.6 Å². The summed E-state index contributed by atoms with van der Waals surface area (Å²) in [5.41, 5.74) is 2.38. The standard InChI is InChI=1S/C21H19N3O5/c1-13-9-15(10-14(2)19(13)25)12-23-20(26)18-7-4-8-22-21(18)29-17-6-3-5-16(11-17)24(27)28/h3-11,25H,12H2,1-2H3,(H,23,26). The molecule has 0 aliphatic carbocycles. The van der Waals surface area contributed by atoms with Crippen LogP contribution in [0.4, 0.5) is 5.69 Å². The minimum absolute atomic E-state index is 0.0450. The van der Waals surface area contributed by atoms with Crippen molar-refractivity contribution in [1.82, 2.24) is 10.3 Å². The van der Waals surface area contributed by atoms with Crippen molar-refractivity contribution < 1.29 is 19.6 Å². The predicted molar refractivity (Wildman–Crippen MR) is 106 cm³/mol. The van der Waals surface area contributed by atoms with Crippen LogP contribution in [0.15, 0.2) is 54.7 Å². The van der Waals surface area contributed by atoms with Crippen LogP contribution in [0.1, 0.15) is 27.0 Å². The number of carbonyl (C=O) groups is 1. The predicted octanol–water partition coefficient (Wildman–Crippen LogP) is 4.03. The summed E-state index contributed by atoms with van der Waals surface area (Å²) >= 11 is 0. The molecule has 1 amide bonds. The number of benzene rings is 2. The summed E-state index contributed by atoms with van der Waals surface area (Å²) in [6, 6.07) is 12.4. The molecule has 0 atom stereocenters. The normalized spacial score (nSPS) is 10.4. The average molecular weight is 393 g/mol. The number of aryl methyl sites for hydroxylation is 2. The molecule has 0 aliphatic rings. The second-order valence-electron chi connectivity index (χ2n) is 6.47. The van der Waals surface area contributed by atoms with Crippen LogP contribution in [-0.2, 0) is 6.54 Å². The third-order valence-corrected chi connectivity index (χ3v) is 4.26. The second kappa shape index (κ2) is 8.39. The van der Waals surface area contributed by atoms with E-state index in [0.29, 0.717) is 0 Å². The summed E-state index contributed by atoms with van der Waals surface area (Å²) in [6.45, 7) is 3.84. The lowest BCUT2D eigenvalue weighted by atomic mass is 10.1. The van der Waals surface area contributed by atoms with E-state index in [0.717, 1.165) is 16.7 Å². The van der Waals surface area contributed by atoms with Crippen LogP contribution < -0.4 is 10.1 Å². The highest BCUT2D eigenvalue weighted by Gasteiger charge is 2.16. The van der Waals surface area contributed by atoms with Gasteiger partial charge in [-0.2, -0.15) is 0 Å². The first-order chi connectivity index (χ1) is 13.8. The highest BCUT2D eigenvalue weighted by molar-refractivity contribution is 5.96. The van der Waals surface area contributed by atoms with Gasteiger partial charge in [0.05, 0.1) is 11.0 Å². The Kier molecular flexibility index (Phi) is 5.73. The summed E-state index contributed by atoms with van der Waals surface area (Å²) in [6.07, 6.45) is 1.47. The molecule has 1 heterocycles. The van der Waals surface area contributed by atoms with Crippen molar-refractivity contribution in [1.29, 1.82) is 0 Å². The number of nitro benzene ring substituents is 1. The van der Waals surface area contributed by atoms with Gasteiger partial charge in [0.2, 0.25) is 5.88 Å². The van der Waals surface area contributed by atoms with Gasteiger partial charge in [0.1, 0.15) is 17.1 Å². The van der Waals surface area contributed by atoms with E-state index in [1.807, 2.05) is 0 Å². The van der Waals surface area contributed by atoms with Gasteiger partial charge >= 0.3 is 0 Å².